The molecule has 0 saturated heterocycles. The number of halogens is 1. The summed E-state index contributed by atoms with van der Waals surface area (Å²) in [7, 11) is 0. The molecule has 0 heterocycles. The third-order valence-corrected chi connectivity index (χ3v) is 2.77. The number of aliphatic carboxylic acids is 1. The Balaban J connectivity index is 3.33. The maximum atomic E-state index is 10.7. The second kappa shape index (κ2) is 4.43. The van der Waals surface area contributed by atoms with Crippen LogP contribution < -0.4 is 0 Å². The summed E-state index contributed by atoms with van der Waals surface area (Å²) in [5.74, 6) is -1.38. The maximum absolute atomic E-state index is 10.7. The molecule has 1 aromatic rings. The first-order chi connectivity index (χ1) is 6.93. The van der Waals surface area contributed by atoms with E-state index in [-0.39, 0.29) is 20.6 Å². The van der Waals surface area contributed by atoms with Crippen molar-refractivity contribution in [2.75, 3.05) is 0 Å². The zero-order valence-electron chi connectivity index (χ0n) is 7.31. The van der Waals surface area contributed by atoms with Crippen LogP contribution in [0.4, 0.5) is 5.69 Å². The van der Waals surface area contributed by atoms with Crippen LogP contribution in [0.3, 0.4) is 0 Å². The minimum Gasteiger partial charge on any atom is -0.507 e. The zero-order valence-corrected chi connectivity index (χ0v) is 9.46. The van der Waals surface area contributed by atoms with Crippen LogP contribution in [0.15, 0.2) is 12.1 Å². The van der Waals surface area contributed by atoms with Crippen molar-refractivity contribution < 1.29 is 19.9 Å². The zero-order chi connectivity index (χ0) is 11.6. The summed E-state index contributed by atoms with van der Waals surface area (Å²) in [5.41, 5.74) is -0.271. The van der Waals surface area contributed by atoms with Gasteiger partial charge in [-0.05, 0) is 34.7 Å². The van der Waals surface area contributed by atoms with Gasteiger partial charge in [0.15, 0.2) is 0 Å². The number of hydrogen-bond acceptors (Lipinski definition) is 4. The van der Waals surface area contributed by atoms with E-state index in [2.05, 4.69) is 0 Å². The molecule has 7 heteroatoms. The van der Waals surface area contributed by atoms with Gasteiger partial charge in [0.2, 0.25) is 0 Å². The fourth-order valence-corrected chi connectivity index (χ4v) is 1.82. The molecule has 0 radical (unpaired) electrons. The van der Waals surface area contributed by atoms with Crippen molar-refractivity contribution >= 4 is 34.2 Å². The number of rotatable bonds is 3. The highest BCUT2D eigenvalue weighted by Crippen LogP contribution is 2.32. The predicted molar refractivity (Wildman–Crippen MR) is 58.8 cm³/mol. The number of carboxylic acids is 1. The highest BCUT2D eigenvalue weighted by atomic mass is 127. The van der Waals surface area contributed by atoms with Gasteiger partial charge in [-0.15, -0.1) is 0 Å². The van der Waals surface area contributed by atoms with Gasteiger partial charge < -0.3 is 10.2 Å². The highest BCUT2D eigenvalue weighted by molar-refractivity contribution is 14.1. The number of aromatic hydroxyl groups is 1. The molecule has 0 aromatic heterocycles. The molecule has 15 heavy (non-hydrogen) atoms. The molecule has 2 N–H and O–H groups in total. The summed E-state index contributed by atoms with van der Waals surface area (Å²) >= 11 is 1.61. The molecule has 0 saturated carbocycles. The van der Waals surface area contributed by atoms with Crippen molar-refractivity contribution in [3.05, 3.63) is 31.4 Å². The first-order valence-electron chi connectivity index (χ1n) is 3.80. The monoisotopic (exact) mass is 323 g/mol. The Morgan fingerprint density at radius 2 is 2.13 bits per heavy atom. The molecule has 80 valence electrons. The van der Waals surface area contributed by atoms with Gasteiger partial charge in [0.25, 0.3) is 5.69 Å². The quantitative estimate of drug-likeness (QED) is 0.499. The molecule has 0 unspecified atom stereocenters. The van der Waals surface area contributed by atoms with E-state index >= 15 is 0 Å². The van der Waals surface area contributed by atoms with E-state index in [1.807, 2.05) is 0 Å². The fourth-order valence-electron chi connectivity index (χ4n) is 1.10. The van der Waals surface area contributed by atoms with Crippen LogP contribution >= 0.6 is 22.6 Å². The van der Waals surface area contributed by atoms with Gasteiger partial charge in [0, 0.05) is 5.56 Å². The Morgan fingerprint density at radius 1 is 1.53 bits per heavy atom. The third-order valence-electron chi connectivity index (χ3n) is 1.70. The average molecular weight is 323 g/mol. The van der Waals surface area contributed by atoms with Gasteiger partial charge in [0.05, 0.1) is 11.3 Å². The lowest BCUT2D eigenvalue weighted by molar-refractivity contribution is -0.386. The highest BCUT2D eigenvalue weighted by Gasteiger charge is 2.22. The Bertz CT molecular complexity index is 431. The van der Waals surface area contributed by atoms with Gasteiger partial charge in [-0.3, -0.25) is 14.9 Å². The smallest absolute Gasteiger partial charge is 0.308 e. The van der Waals surface area contributed by atoms with Gasteiger partial charge >= 0.3 is 5.97 Å². The summed E-state index contributed by atoms with van der Waals surface area (Å²) in [6.07, 6.45) is -0.438. The molecule has 0 spiro atoms. The van der Waals surface area contributed by atoms with Crippen molar-refractivity contribution in [2.24, 2.45) is 0 Å². The first-order valence-corrected chi connectivity index (χ1v) is 4.88. The van der Waals surface area contributed by atoms with Crippen LogP contribution in [0.2, 0.25) is 0 Å². The summed E-state index contributed by atoms with van der Waals surface area (Å²) in [6, 6.07) is 2.48. The lowest BCUT2D eigenvalue weighted by Crippen LogP contribution is -2.05. The Hall–Kier alpha value is -1.38. The summed E-state index contributed by atoms with van der Waals surface area (Å²) in [6.45, 7) is 0. The number of carbonyl (C=O) groups is 1. The minimum atomic E-state index is -1.15. The van der Waals surface area contributed by atoms with Crippen molar-refractivity contribution in [1.29, 1.82) is 0 Å². The number of nitrogens with zero attached hydrogens (tertiary/aromatic N) is 1. The van der Waals surface area contributed by atoms with E-state index < -0.39 is 17.3 Å². The van der Waals surface area contributed by atoms with E-state index in [4.69, 9.17) is 5.11 Å². The summed E-state index contributed by atoms with van der Waals surface area (Å²) in [4.78, 5) is 20.4. The normalized spacial score (nSPS) is 9.93. The van der Waals surface area contributed by atoms with Crippen LogP contribution in [0, 0.1) is 13.7 Å². The Morgan fingerprint density at radius 3 is 2.60 bits per heavy atom. The van der Waals surface area contributed by atoms with Gasteiger partial charge in [-0.25, -0.2) is 0 Å². The van der Waals surface area contributed by atoms with E-state index in [0.29, 0.717) is 0 Å². The average Bonchev–Trinajstić information content (AvgIpc) is 2.10. The second-order valence-electron chi connectivity index (χ2n) is 2.73. The van der Waals surface area contributed by atoms with Crippen LogP contribution in [-0.2, 0) is 11.2 Å². The van der Waals surface area contributed by atoms with Crippen LogP contribution in [0.1, 0.15) is 5.56 Å². The molecule has 1 rings (SSSR count). The van der Waals surface area contributed by atoms with E-state index in [1.54, 1.807) is 22.6 Å². The summed E-state index contributed by atoms with van der Waals surface area (Å²) < 4.78 is 0.0522. The van der Waals surface area contributed by atoms with Crippen molar-refractivity contribution in [1.82, 2.24) is 0 Å². The molecule has 0 atom stereocenters. The number of benzene rings is 1. The molecule has 0 bridgehead atoms. The number of nitro groups is 1. The molecule has 0 aliphatic rings. The van der Waals surface area contributed by atoms with Gasteiger partial charge in [0.1, 0.15) is 9.32 Å². The Labute approximate surface area is 97.8 Å². The number of nitro benzene ring substituents is 1. The first kappa shape index (κ1) is 11.7. The largest absolute Gasteiger partial charge is 0.507 e. The van der Waals surface area contributed by atoms with Crippen molar-refractivity contribution in [2.45, 2.75) is 6.42 Å². The van der Waals surface area contributed by atoms with Crippen LogP contribution in [0.5, 0.6) is 5.75 Å². The van der Waals surface area contributed by atoms with Gasteiger partial charge in [-0.2, -0.15) is 0 Å². The van der Waals surface area contributed by atoms with Crippen LogP contribution in [0.25, 0.3) is 0 Å². The van der Waals surface area contributed by atoms with E-state index in [0.717, 1.165) is 0 Å². The van der Waals surface area contributed by atoms with E-state index in [9.17, 15) is 20.0 Å². The topological polar surface area (TPSA) is 101 Å². The van der Waals surface area contributed by atoms with Crippen molar-refractivity contribution in [3.8, 4) is 5.75 Å². The molecule has 0 aliphatic heterocycles. The molecule has 0 aliphatic carbocycles. The number of phenolic OH excluding ortho intramolecular Hbond substituents is 1. The minimum absolute atomic E-state index is 0.0522. The van der Waals surface area contributed by atoms with Gasteiger partial charge in [-0.1, -0.05) is 0 Å². The molecule has 0 amide bonds. The maximum Gasteiger partial charge on any atom is 0.308 e. The van der Waals surface area contributed by atoms with Crippen LogP contribution in [-0.4, -0.2) is 21.1 Å². The molecule has 6 nitrogen and oxygen atoms in total. The third kappa shape index (κ3) is 2.55. The molecule has 0 fully saturated rings. The fraction of sp³-hybridized carbons (Fsp3) is 0.125. The van der Waals surface area contributed by atoms with E-state index in [1.165, 1.54) is 12.1 Å². The van der Waals surface area contributed by atoms with Crippen molar-refractivity contribution in [3.63, 3.8) is 0 Å². The second-order valence-corrected chi connectivity index (χ2v) is 3.81. The molecular weight excluding hydrogens is 317 g/mol. The predicted octanol–water partition coefficient (Wildman–Crippen LogP) is 1.53. The standard InChI is InChI=1S/C8H6INO5/c9-7-5(11)2-1-4(3-6(12)13)8(7)10(14)15/h1-2,11H,3H2,(H,12,13). The summed E-state index contributed by atoms with van der Waals surface area (Å²) in [5, 5.41) is 28.5. The number of hydrogen-bond donors (Lipinski definition) is 2. The Kier molecular flexibility index (Phi) is 3.45. The molecular formula is C8H6INO5. The lowest BCUT2D eigenvalue weighted by atomic mass is 10.1. The number of phenols is 1. The number of carboxylic acid groups (broad SMARTS) is 1. The SMILES string of the molecule is O=C(O)Cc1ccc(O)c(I)c1[N+](=O)[O-]. The lowest BCUT2D eigenvalue weighted by Gasteiger charge is -2.03. The molecule has 1 aromatic carbocycles.